The van der Waals surface area contributed by atoms with Crippen molar-refractivity contribution in [2.45, 2.75) is 12.5 Å². The van der Waals surface area contributed by atoms with Crippen LogP contribution in [-0.2, 0) is 9.53 Å². The largest absolute Gasteiger partial charge is 0.376 e. The van der Waals surface area contributed by atoms with Crippen LogP contribution in [0, 0.1) is 6.57 Å². The summed E-state index contributed by atoms with van der Waals surface area (Å²) in [6.07, 6.45) is 1.16. The standard InChI is InChI=1S/C12H13ClN4O2/c1-14-10-3-2-9(16-11(18)6-13)12(17-10)15-7-8-4-5-19-8/h2-3,8H,4-7H2,(H,15,17)(H,16,18)/t8-/m0/s1. The molecule has 1 saturated heterocycles. The summed E-state index contributed by atoms with van der Waals surface area (Å²) in [5, 5.41) is 5.71. The van der Waals surface area contributed by atoms with Gasteiger partial charge in [-0.15, -0.1) is 16.6 Å². The molecule has 0 radical (unpaired) electrons. The highest BCUT2D eigenvalue weighted by atomic mass is 35.5. The molecule has 0 aliphatic carbocycles. The Morgan fingerprint density at radius 2 is 2.42 bits per heavy atom. The molecule has 0 aromatic carbocycles. The van der Waals surface area contributed by atoms with E-state index in [9.17, 15) is 4.79 Å². The molecule has 100 valence electrons. The number of ether oxygens (including phenoxy) is 1. The monoisotopic (exact) mass is 280 g/mol. The van der Waals surface area contributed by atoms with Gasteiger partial charge in [0, 0.05) is 13.2 Å². The van der Waals surface area contributed by atoms with Crippen LogP contribution >= 0.6 is 11.6 Å². The van der Waals surface area contributed by atoms with Gasteiger partial charge in [0.05, 0.1) is 6.10 Å². The first-order chi connectivity index (χ1) is 9.22. The second-order valence-corrected chi connectivity index (χ2v) is 4.29. The Kier molecular flexibility index (Phi) is 4.55. The molecule has 6 nitrogen and oxygen atoms in total. The number of anilines is 2. The quantitative estimate of drug-likeness (QED) is 0.639. The maximum Gasteiger partial charge on any atom is 0.271 e. The summed E-state index contributed by atoms with van der Waals surface area (Å²) in [4.78, 5) is 18.7. The Labute approximate surface area is 115 Å². The SMILES string of the molecule is [C-]#[N+]c1ccc(NC(=O)CCl)c(NC[C@@H]2CCO2)n1. The third-order valence-electron chi connectivity index (χ3n) is 2.68. The van der Waals surface area contributed by atoms with Crippen LogP contribution in [0.4, 0.5) is 17.3 Å². The molecule has 0 bridgehead atoms. The van der Waals surface area contributed by atoms with E-state index in [1.807, 2.05) is 0 Å². The first-order valence-corrected chi connectivity index (χ1v) is 6.36. The molecular weight excluding hydrogens is 268 g/mol. The predicted octanol–water partition coefficient (Wildman–Crippen LogP) is 2.01. The fourth-order valence-electron chi connectivity index (χ4n) is 1.59. The van der Waals surface area contributed by atoms with Crippen molar-refractivity contribution in [2.24, 2.45) is 0 Å². The van der Waals surface area contributed by atoms with Crippen LogP contribution < -0.4 is 10.6 Å². The average molecular weight is 281 g/mol. The summed E-state index contributed by atoms with van der Waals surface area (Å²) in [5.41, 5.74) is 0.511. The highest BCUT2D eigenvalue weighted by Crippen LogP contribution is 2.24. The van der Waals surface area contributed by atoms with E-state index >= 15 is 0 Å². The number of nitrogens with zero attached hydrogens (tertiary/aromatic N) is 2. The number of hydrogen-bond donors (Lipinski definition) is 2. The average Bonchev–Trinajstić information content (AvgIpc) is 2.38. The molecule has 1 aromatic heterocycles. The summed E-state index contributed by atoms with van der Waals surface area (Å²) in [6, 6.07) is 3.18. The van der Waals surface area contributed by atoms with Gasteiger partial charge in [-0.1, -0.05) is 6.57 Å². The minimum atomic E-state index is -0.318. The zero-order valence-corrected chi connectivity index (χ0v) is 10.9. The molecule has 1 aliphatic heterocycles. The number of nitrogens with one attached hydrogen (secondary N) is 2. The summed E-state index contributed by atoms with van der Waals surface area (Å²) in [7, 11) is 0. The normalized spacial score (nSPS) is 17.2. The van der Waals surface area contributed by atoms with Crippen molar-refractivity contribution in [1.29, 1.82) is 0 Å². The molecule has 7 heteroatoms. The van der Waals surface area contributed by atoms with Crippen LogP contribution in [0.5, 0.6) is 0 Å². The molecule has 1 amide bonds. The van der Waals surface area contributed by atoms with Crippen molar-refractivity contribution in [2.75, 3.05) is 29.7 Å². The number of amides is 1. The Balaban J connectivity index is 2.10. The predicted molar refractivity (Wildman–Crippen MR) is 72.7 cm³/mol. The fourth-order valence-corrected chi connectivity index (χ4v) is 1.65. The van der Waals surface area contributed by atoms with Gasteiger partial charge in [-0.05, 0) is 18.6 Å². The molecular formula is C12H13ClN4O2. The van der Waals surface area contributed by atoms with Crippen LogP contribution in [-0.4, -0.2) is 36.0 Å². The van der Waals surface area contributed by atoms with Gasteiger partial charge >= 0.3 is 0 Å². The van der Waals surface area contributed by atoms with E-state index in [0.717, 1.165) is 13.0 Å². The number of pyridine rings is 1. The van der Waals surface area contributed by atoms with Crippen molar-refractivity contribution in [1.82, 2.24) is 4.98 Å². The van der Waals surface area contributed by atoms with E-state index in [2.05, 4.69) is 20.5 Å². The second-order valence-electron chi connectivity index (χ2n) is 4.02. The number of hydrogen-bond acceptors (Lipinski definition) is 4. The highest BCUT2D eigenvalue weighted by Gasteiger charge is 2.20. The van der Waals surface area contributed by atoms with Crippen molar-refractivity contribution in [3.8, 4) is 0 Å². The van der Waals surface area contributed by atoms with Gasteiger partial charge in [0.25, 0.3) is 5.82 Å². The molecule has 1 aromatic rings. The molecule has 2 heterocycles. The van der Waals surface area contributed by atoms with Gasteiger partial charge in [-0.3, -0.25) is 4.79 Å². The van der Waals surface area contributed by atoms with Crippen molar-refractivity contribution < 1.29 is 9.53 Å². The van der Waals surface area contributed by atoms with Gasteiger partial charge < -0.3 is 20.2 Å². The van der Waals surface area contributed by atoms with E-state index in [-0.39, 0.29) is 23.7 Å². The lowest BCUT2D eigenvalue weighted by Crippen LogP contribution is -2.33. The lowest BCUT2D eigenvalue weighted by atomic mass is 10.2. The number of aromatic nitrogens is 1. The van der Waals surface area contributed by atoms with Crippen LogP contribution in [0.2, 0.25) is 0 Å². The zero-order chi connectivity index (χ0) is 13.7. The van der Waals surface area contributed by atoms with E-state index in [4.69, 9.17) is 22.9 Å². The third-order valence-corrected chi connectivity index (χ3v) is 2.92. The van der Waals surface area contributed by atoms with Gasteiger partial charge in [-0.25, -0.2) is 0 Å². The third kappa shape index (κ3) is 3.56. The maximum absolute atomic E-state index is 11.3. The lowest BCUT2D eigenvalue weighted by Gasteiger charge is -2.26. The smallest absolute Gasteiger partial charge is 0.271 e. The number of carbonyl (C=O) groups is 1. The Morgan fingerprint density at radius 1 is 1.63 bits per heavy atom. The number of rotatable bonds is 5. The Morgan fingerprint density at radius 3 is 3.00 bits per heavy atom. The van der Waals surface area contributed by atoms with Crippen LogP contribution in [0.15, 0.2) is 12.1 Å². The number of alkyl halides is 1. The number of halogens is 1. The topological polar surface area (TPSA) is 67.6 Å². The summed E-state index contributed by atoms with van der Waals surface area (Å²) >= 11 is 5.45. The molecule has 0 spiro atoms. The van der Waals surface area contributed by atoms with Gasteiger partial charge in [0.2, 0.25) is 11.7 Å². The zero-order valence-electron chi connectivity index (χ0n) is 10.1. The minimum absolute atomic E-state index is 0.129. The first kappa shape index (κ1) is 13.6. The second kappa shape index (κ2) is 6.36. The van der Waals surface area contributed by atoms with E-state index in [1.165, 1.54) is 0 Å². The minimum Gasteiger partial charge on any atom is -0.376 e. The molecule has 1 atom stereocenters. The van der Waals surface area contributed by atoms with Crippen molar-refractivity contribution in [3.63, 3.8) is 0 Å². The van der Waals surface area contributed by atoms with E-state index in [1.54, 1.807) is 12.1 Å². The molecule has 2 rings (SSSR count). The van der Waals surface area contributed by atoms with Gasteiger partial charge in [0.15, 0.2) is 0 Å². The Hall–Kier alpha value is -1.84. The van der Waals surface area contributed by atoms with Crippen LogP contribution in [0.25, 0.3) is 4.85 Å². The molecule has 19 heavy (non-hydrogen) atoms. The van der Waals surface area contributed by atoms with Crippen molar-refractivity contribution in [3.05, 3.63) is 23.5 Å². The Bertz CT molecular complexity index is 511. The van der Waals surface area contributed by atoms with Crippen molar-refractivity contribution >= 4 is 34.8 Å². The summed E-state index contributed by atoms with van der Waals surface area (Å²) in [5.74, 6) is 0.279. The molecule has 1 fully saturated rings. The lowest BCUT2D eigenvalue weighted by molar-refractivity contribution is -0.113. The molecule has 0 unspecified atom stereocenters. The summed E-state index contributed by atoms with van der Waals surface area (Å²) < 4.78 is 5.29. The van der Waals surface area contributed by atoms with Gasteiger partial charge in [-0.2, -0.15) is 0 Å². The van der Waals surface area contributed by atoms with Crippen LogP contribution in [0.3, 0.4) is 0 Å². The summed E-state index contributed by atoms with van der Waals surface area (Å²) in [6.45, 7) is 8.33. The number of carbonyl (C=O) groups excluding carboxylic acids is 1. The van der Waals surface area contributed by atoms with Gasteiger partial charge in [0.1, 0.15) is 11.6 Å². The first-order valence-electron chi connectivity index (χ1n) is 5.82. The molecule has 1 aliphatic rings. The van der Waals surface area contributed by atoms with Crippen LogP contribution in [0.1, 0.15) is 6.42 Å². The van der Waals surface area contributed by atoms with E-state index < -0.39 is 0 Å². The fraction of sp³-hybridized carbons (Fsp3) is 0.417. The molecule has 0 saturated carbocycles. The highest BCUT2D eigenvalue weighted by molar-refractivity contribution is 6.29. The molecule has 2 N–H and O–H groups in total. The van der Waals surface area contributed by atoms with E-state index in [0.29, 0.717) is 18.1 Å². The maximum atomic E-state index is 11.3.